The van der Waals surface area contributed by atoms with Gasteiger partial charge in [-0.15, -0.1) is 0 Å². The molecule has 1 heterocycles. The highest BCUT2D eigenvalue weighted by Crippen LogP contribution is 2.09. The first-order chi connectivity index (χ1) is 13.9. The van der Waals surface area contributed by atoms with Crippen molar-refractivity contribution in [1.29, 1.82) is 0 Å². The molecule has 0 unspecified atom stereocenters. The molecule has 1 rings (SSSR count). The molecule has 0 atom stereocenters. The van der Waals surface area contributed by atoms with Crippen LogP contribution >= 0.6 is 0 Å². The number of carbonyl (C=O) groups excluding carboxylic acids is 4. The van der Waals surface area contributed by atoms with Crippen LogP contribution in [0.3, 0.4) is 0 Å². The maximum absolute atomic E-state index is 11.7. The van der Waals surface area contributed by atoms with Gasteiger partial charge in [0.2, 0.25) is 0 Å². The van der Waals surface area contributed by atoms with Gasteiger partial charge < -0.3 is 23.7 Å². The summed E-state index contributed by atoms with van der Waals surface area (Å²) in [5, 5.41) is 0. The van der Waals surface area contributed by atoms with Gasteiger partial charge in [0.05, 0.1) is 40.6 Å². The molecular formula is C19H27NO9. The molecule has 1 fully saturated rings. The standard InChI is InChI=1S/C19H27NO9/c1-25-16(21)3-5-18(23)28-13-15(7-8-20-9-11-27-12-10-20)14-29-19(24)6-4-17(22)26-2/h3-6,15H,7-14H2,1-2H3/b5-3+,6-4+. The molecule has 29 heavy (non-hydrogen) atoms. The van der Waals surface area contributed by atoms with Gasteiger partial charge in [0, 0.05) is 43.3 Å². The summed E-state index contributed by atoms with van der Waals surface area (Å²) >= 11 is 0. The van der Waals surface area contributed by atoms with Crippen LogP contribution in [0.5, 0.6) is 0 Å². The van der Waals surface area contributed by atoms with Crippen molar-refractivity contribution >= 4 is 23.9 Å². The molecule has 162 valence electrons. The van der Waals surface area contributed by atoms with E-state index in [2.05, 4.69) is 14.4 Å². The summed E-state index contributed by atoms with van der Waals surface area (Å²) in [6, 6.07) is 0. The molecule has 0 radical (unpaired) electrons. The van der Waals surface area contributed by atoms with E-state index in [0.29, 0.717) is 19.6 Å². The van der Waals surface area contributed by atoms with E-state index < -0.39 is 23.9 Å². The zero-order valence-electron chi connectivity index (χ0n) is 16.7. The number of methoxy groups -OCH3 is 2. The van der Waals surface area contributed by atoms with Crippen molar-refractivity contribution in [3.8, 4) is 0 Å². The Morgan fingerprint density at radius 1 is 0.828 bits per heavy atom. The van der Waals surface area contributed by atoms with Crippen LogP contribution in [0.15, 0.2) is 24.3 Å². The van der Waals surface area contributed by atoms with Crippen molar-refractivity contribution in [2.24, 2.45) is 5.92 Å². The molecule has 0 spiro atoms. The summed E-state index contributed by atoms with van der Waals surface area (Å²) in [7, 11) is 2.39. The first-order valence-corrected chi connectivity index (χ1v) is 9.10. The lowest BCUT2D eigenvalue weighted by atomic mass is 10.1. The van der Waals surface area contributed by atoms with Gasteiger partial charge in [-0.2, -0.15) is 0 Å². The molecule has 1 aliphatic heterocycles. The van der Waals surface area contributed by atoms with E-state index in [1.807, 2.05) is 0 Å². The van der Waals surface area contributed by atoms with Crippen LogP contribution in [0.2, 0.25) is 0 Å². The third-order valence-electron chi connectivity index (χ3n) is 3.99. The number of carbonyl (C=O) groups is 4. The number of hydrogen-bond acceptors (Lipinski definition) is 10. The van der Waals surface area contributed by atoms with Gasteiger partial charge in [0.25, 0.3) is 0 Å². The third-order valence-corrected chi connectivity index (χ3v) is 3.99. The van der Waals surface area contributed by atoms with Crippen LogP contribution in [-0.4, -0.2) is 89.1 Å². The number of nitrogens with zero attached hydrogens (tertiary/aromatic N) is 1. The van der Waals surface area contributed by atoms with Crippen LogP contribution in [0.4, 0.5) is 0 Å². The Bertz CT molecular complexity index is 567. The fraction of sp³-hybridized carbons (Fsp3) is 0.579. The van der Waals surface area contributed by atoms with Crippen molar-refractivity contribution in [1.82, 2.24) is 4.90 Å². The number of ether oxygens (including phenoxy) is 5. The van der Waals surface area contributed by atoms with Gasteiger partial charge in [0.15, 0.2) is 0 Å². The average molecular weight is 413 g/mol. The maximum atomic E-state index is 11.7. The molecular weight excluding hydrogens is 386 g/mol. The Morgan fingerprint density at radius 2 is 1.28 bits per heavy atom. The number of morpholine rings is 1. The predicted molar refractivity (Wildman–Crippen MR) is 99.6 cm³/mol. The lowest BCUT2D eigenvalue weighted by molar-refractivity contribution is -0.144. The van der Waals surface area contributed by atoms with Gasteiger partial charge >= 0.3 is 23.9 Å². The van der Waals surface area contributed by atoms with Gasteiger partial charge in [-0.25, -0.2) is 19.2 Å². The monoisotopic (exact) mass is 413 g/mol. The fourth-order valence-electron chi connectivity index (χ4n) is 2.31. The zero-order valence-corrected chi connectivity index (χ0v) is 16.7. The van der Waals surface area contributed by atoms with Crippen LogP contribution in [0.25, 0.3) is 0 Å². The molecule has 0 aliphatic carbocycles. The van der Waals surface area contributed by atoms with Gasteiger partial charge in [0.1, 0.15) is 0 Å². The van der Waals surface area contributed by atoms with E-state index >= 15 is 0 Å². The van der Waals surface area contributed by atoms with Gasteiger partial charge in [-0.3, -0.25) is 4.90 Å². The molecule has 10 heteroatoms. The minimum atomic E-state index is -0.705. The van der Waals surface area contributed by atoms with Crippen LogP contribution in [0, 0.1) is 5.92 Å². The highest BCUT2D eigenvalue weighted by Gasteiger charge is 2.17. The summed E-state index contributed by atoms with van der Waals surface area (Å²) in [5.41, 5.74) is 0. The Kier molecular flexibility index (Phi) is 12.0. The fourth-order valence-corrected chi connectivity index (χ4v) is 2.31. The topological polar surface area (TPSA) is 118 Å². The van der Waals surface area contributed by atoms with E-state index in [1.165, 1.54) is 14.2 Å². The number of hydrogen-bond donors (Lipinski definition) is 0. The summed E-state index contributed by atoms with van der Waals surface area (Å²) in [6.45, 7) is 3.65. The predicted octanol–water partition coefficient (Wildman–Crippen LogP) is -0.130. The lowest BCUT2D eigenvalue weighted by Crippen LogP contribution is -2.38. The van der Waals surface area contributed by atoms with E-state index in [4.69, 9.17) is 14.2 Å². The summed E-state index contributed by atoms with van der Waals surface area (Å²) in [5.74, 6) is -3.01. The Labute approximate surface area is 169 Å². The molecule has 0 N–H and O–H groups in total. The molecule has 0 aromatic rings. The first kappa shape index (κ1) is 24.3. The van der Waals surface area contributed by atoms with E-state index in [9.17, 15) is 19.2 Å². The van der Waals surface area contributed by atoms with E-state index in [0.717, 1.165) is 43.9 Å². The minimum absolute atomic E-state index is 0.00266. The Hall–Kier alpha value is -2.72. The van der Waals surface area contributed by atoms with Crippen molar-refractivity contribution in [2.75, 3.05) is 60.3 Å². The van der Waals surface area contributed by atoms with Crippen LogP contribution in [-0.2, 0) is 42.9 Å². The summed E-state index contributed by atoms with van der Waals surface area (Å²) in [4.78, 5) is 47.6. The van der Waals surface area contributed by atoms with E-state index in [1.54, 1.807) is 0 Å². The molecule has 10 nitrogen and oxygen atoms in total. The average Bonchev–Trinajstić information content (AvgIpc) is 2.75. The second kappa shape index (κ2) is 14.3. The molecule has 0 aromatic carbocycles. The largest absolute Gasteiger partial charge is 0.466 e. The molecule has 0 bridgehead atoms. The smallest absolute Gasteiger partial charge is 0.331 e. The third kappa shape index (κ3) is 11.7. The summed E-state index contributed by atoms with van der Waals surface area (Å²) < 4.78 is 24.4. The first-order valence-electron chi connectivity index (χ1n) is 9.10. The van der Waals surface area contributed by atoms with Gasteiger partial charge in [-0.05, 0) is 13.0 Å². The Balaban J connectivity index is 2.52. The van der Waals surface area contributed by atoms with Crippen molar-refractivity contribution in [2.45, 2.75) is 6.42 Å². The SMILES string of the molecule is COC(=O)/C=C/C(=O)OCC(CCN1CCOCC1)COC(=O)/C=C/C(=O)OC. The molecule has 1 aliphatic rings. The molecule has 0 aromatic heterocycles. The second-order valence-electron chi connectivity index (χ2n) is 6.08. The van der Waals surface area contributed by atoms with Crippen molar-refractivity contribution in [3.63, 3.8) is 0 Å². The van der Waals surface area contributed by atoms with Crippen LogP contribution < -0.4 is 0 Å². The number of rotatable bonds is 11. The normalized spacial score (nSPS) is 14.9. The highest BCUT2D eigenvalue weighted by atomic mass is 16.5. The molecule has 0 saturated carbocycles. The molecule has 0 amide bonds. The summed E-state index contributed by atoms with van der Waals surface area (Å²) in [6.07, 6.45) is 4.47. The van der Waals surface area contributed by atoms with Crippen LogP contribution in [0.1, 0.15) is 6.42 Å². The van der Waals surface area contributed by atoms with Gasteiger partial charge in [-0.1, -0.05) is 0 Å². The van der Waals surface area contributed by atoms with E-state index in [-0.39, 0.29) is 19.1 Å². The van der Waals surface area contributed by atoms with Crippen molar-refractivity contribution in [3.05, 3.63) is 24.3 Å². The van der Waals surface area contributed by atoms with Crippen molar-refractivity contribution < 1.29 is 42.9 Å². The lowest BCUT2D eigenvalue weighted by Gasteiger charge is -2.28. The molecule has 1 saturated heterocycles. The minimum Gasteiger partial charge on any atom is -0.466 e. The zero-order chi connectivity index (χ0) is 21.5. The Morgan fingerprint density at radius 3 is 1.72 bits per heavy atom. The maximum Gasteiger partial charge on any atom is 0.331 e. The highest BCUT2D eigenvalue weighted by molar-refractivity contribution is 5.92. The quantitative estimate of drug-likeness (QED) is 0.257. The number of esters is 4. The second-order valence-corrected chi connectivity index (χ2v) is 6.08.